The molecule has 0 unspecified atom stereocenters. The van der Waals surface area contributed by atoms with Crippen LogP contribution in [0.4, 0.5) is 13.2 Å². The molecule has 0 spiro atoms. The van der Waals surface area contributed by atoms with Gasteiger partial charge in [-0.3, -0.25) is 0 Å². The third-order valence-electron chi connectivity index (χ3n) is 1.82. The van der Waals surface area contributed by atoms with Crippen LogP contribution in [0.1, 0.15) is 27.2 Å². The molecule has 0 amide bonds. The fourth-order valence-electron chi connectivity index (χ4n) is 1.05. The molecule has 0 saturated heterocycles. The second-order valence-corrected chi connectivity index (χ2v) is 3.09. The molecule has 74 valence electrons. The molecular formula is C8H16F3N. The molecular weight excluding hydrogens is 167 g/mol. The van der Waals surface area contributed by atoms with Crippen LogP contribution in [0.5, 0.6) is 0 Å². The zero-order valence-electron chi connectivity index (χ0n) is 7.78. The predicted octanol–water partition coefficient (Wildman–Crippen LogP) is 2.67. The highest BCUT2D eigenvalue weighted by atomic mass is 19.4. The SMILES string of the molecule is CCN(CCC(F)(F)F)C(C)C. The van der Waals surface area contributed by atoms with E-state index in [0.29, 0.717) is 6.54 Å². The van der Waals surface area contributed by atoms with Gasteiger partial charge in [-0.2, -0.15) is 13.2 Å². The predicted molar refractivity (Wildman–Crippen MR) is 43.1 cm³/mol. The van der Waals surface area contributed by atoms with Crippen molar-refractivity contribution >= 4 is 0 Å². The van der Waals surface area contributed by atoms with Gasteiger partial charge in [-0.05, 0) is 20.4 Å². The van der Waals surface area contributed by atoms with Crippen molar-refractivity contribution in [1.82, 2.24) is 4.90 Å². The van der Waals surface area contributed by atoms with E-state index in [2.05, 4.69) is 0 Å². The molecule has 0 saturated carbocycles. The molecule has 0 aromatic heterocycles. The number of hydrogen-bond acceptors (Lipinski definition) is 1. The van der Waals surface area contributed by atoms with Gasteiger partial charge in [0.05, 0.1) is 6.42 Å². The Bertz CT molecular complexity index is 120. The van der Waals surface area contributed by atoms with Gasteiger partial charge in [0.2, 0.25) is 0 Å². The van der Waals surface area contributed by atoms with Crippen molar-refractivity contribution in [3.05, 3.63) is 0 Å². The van der Waals surface area contributed by atoms with Crippen molar-refractivity contribution in [1.29, 1.82) is 0 Å². The minimum Gasteiger partial charge on any atom is -0.301 e. The topological polar surface area (TPSA) is 3.24 Å². The zero-order chi connectivity index (χ0) is 9.78. The Balaban J connectivity index is 3.73. The Morgan fingerprint density at radius 2 is 1.75 bits per heavy atom. The fraction of sp³-hybridized carbons (Fsp3) is 1.00. The van der Waals surface area contributed by atoms with E-state index in [-0.39, 0.29) is 12.6 Å². The monoisotopic (exact) mass is 183 g/mol. The summed E-state index contributed by atoms with van der Waals surface area (Å²) in [7, 11) is 0. The van der Waals surface area contributed by atoms with Gasteiger partial charge in [-0.15, -0.1) is 0 Å². The van der Waals surface area contributed by atoms with E-state index in [1.54, 1.807) is 4.90 Å². The van der Waals surface area contributed by atoms with E-state index < -0.39 is 12.6 Å². The third-order valence-corrected chi connectivity index (χ3v) is 1.82. The first-order valence-electron chi connectivity index (χ1n) is 4.17. The van der Waals surface area contributed by atoms with Crippen LogP contribution in [0, 0.1) is 0 Å². The largest absolute Gasteiger partial charge is 0.390 e. The van der Waals surface area contributed by atoms with Gasteiger partial charge >= 0.3 is 6.18 Å². The van der Waals surface area contributed by atoms with Crippen LogP contribution in [-0.2, 0) is 0 Å². The van der Waals surface area contributed by atoms with E-state index in [1.807, 2.05) is 20.8 Å². The average Bonchev–Trinajstić information content (AvgIpc) is 1.85. The highest BCUT2D eigenvalue weighted by molar-refractivity contribution is 4.63. The Labute approximate surface area is 71.6 Å². The summed E-state index contributed by atoms with van der Waals surface area (Å²) in [4.78, 5) is 1.80. The summed E-state index contributed by atoms with van der Waals surface area (Å²) in [6.07, 6.45) is -4.73. The van der Waals surface area contributed by atoms with E-state index in [9.17, 15) is 13.2 Å². The van der Waals surface area contributed by atoms with Crippen molar-refractivity contribution < 1.29 is 13.2 Å². The first-order chi connectivity index (χ1) is 5.37. The molecule has 0 aromatic carbocycles. The van der Waals surface area contributed by atoms with Crippen LogP contribution in [-0.4, -0.2) is 30.2 Å². The van der Waals surface area contributed by atoms with Gasteiger partial charge in [0.15, 0.2) is 0 Å². The maximum absolute atomic E-state index is 11.8. The summed E-state index contributed by atoms with van der Waals surface area (Å²) in [5, 5.41) is 0. The Morgan fingerprint density at radius 3 is 2.00 bits per heavy atom. The second-order valence-electron chi connectivity index (χ2n) is 3.09. The van der Waals surface area contributed by atoms with Gasteiger partial charge in [-0.25, -0.2) is 0 Å². The molecule has 0 aliphatic carbocycles. The van der Waals surface area contributed by atoms with Gasteiger partial charge in [0.1, 0.15) is 0 Å². The van der Waals surface area contributed by atoms with Crippen LogP contribution in [0.15, 0.2) is 0 Å². The summed E-state index contributed by atoms with van der Waals surface area (Å²) in [5.41, 5.74) is 0. The highest BCUT2D eigenvalue weighted by Gasteiger charge is 2.27. The van der Waals surface area contributed by atoms with Gasteiger partial charge in [0.25, 0.3) is 0 Å². The van der Waals surface area contributed by atoms with E-state index in [1.165, 1.54) is 0 Å². The molecule has 0 heterocycles. The zero-order valence-corrected chi connectivity index (χ0v) is 7.78. The summed E-state index contributed by atoms with van der Waals surface area (Å²) in [6.45, 7) is 6.46. The van der Waals surface area contributed by atoms with Crippen LogP contribution in [0.2, 0.25) is 0 Å². The average molecular weight is 183 g/mol. The lowest BCUT2D eigenvalue weighted by Gasteiger charge is -2.24. The third kappa shape index (κ3) is 5.41. The molecule has 4 heteroatoms. The van der Waals surface area contributed by atoms with Crippen molar-refractivity contribution in [2.45, 2.75) is 39.4 Å². The highest BCUT2D eigenvalue weighted by Crippen LogP contribution is 2.20. The van der Waals surface area contributed by atoms with Crippen molar-refractivity contribution in [2.75, 3.05) is 13.1 Å². The lowest BCUT2D eigenvalue weighted by atomic mass is 10.3. The lowest BCUT2D eigenvalue weighted by molar-refractivity contribution is -0.138. The van der Waals surface area contributed by atoms with Crippen molar-refractivity contribution in [3.63, 3.8) is 0 Å². The summed E-state index contributed by atoms with van der Waals surface area (Å²) < 4.78 is 35.4. The van der Waals surface area contributed by atoms with Crippen molar-refractivity contribution in [3.8, 4) is 0 Å². The maximum atomic E-state index is 11.8. The van der Waals surface area contributed by atoms with Crippen LogP contribution < -0.4 is 0 Å². The quantitative estimate of drug-likeness (QED) is 0.647. The fourth-order valence-corrected chi connectivity index (χ4v) is 1.05. The summed E-state index contributed by atoms with van der Waals surface area (Å²) >= 11 is 0. The first-order valence-corrected chi connectivity index (χ1v) is 4.17. The van der Waals surface area contributed by atoms with Crippen LogP contribution >= 0.6 is 0 Å². The second kappa shape index (κ2) is 4.70. The Hall–Kier alpha value is -0.250. The minimum atomic E-state index is -4.03. The van der Waals surface area contributed by atoms with Crippen molar-refractivity contribution in [2.24, 2.45) is 0 Å². The van der Waals surface area contributed by atoms with E-state index >= 15 is 0 Å². The molecule has 1 nitrogen and oxygen atoms in total. The smallest absolute Gasteiger partial charge is 0.301 e. The Kier molecular flexibility index (Phi) is 4.60. The van der Waals surface area contributed by atoms with Crippen LogP contribution in [0.3, 0.4) is 0 Å². The number of alkyl halides is 3. The Morgan fingerprint density at radius 1 is 1.25 bits per heavy atom. The molecule has 0 rings (SSSR count). The summed E-state index contributed by atoms with van der Waals surface area (Å²) in [6, 6.07) is 0.192. The van der Waals surface area contributed by atoms with Gasteiger partial charge in [-0.1, -0.05) is 6.92 Å². The standard InChI is InChI=1S/C8H16F3N/c1-4-12(7(2)3)6-5-8(9,10)11/h7H,4-6H2,1-3H3. The molecule has 0 fully saturated rings. The normalized spacial score (nSPS) is 13.0. The van der Waals surface area contributed by atoms with E-state index in [4.69, 9.17) is 0 Å². The minimum absolute atomic E-state index is 0.109. The van der Waals surface area contributed by atoms with E-state index in [0.717, 1.165) is 0 Å². The van der Waals surface area contributed by atoms with Crippen LogP contribution in [0.25, 0.3) is 0 Å². The number of halogens is 3. The molecule has 0 aromatic rings. The molecule has 0 N–H and O–H groups in total. The maximum Gasteiger partial charge on any atom is 0.390 e. The molecule has 0 radical (unpaired) electrons. The summed E-state index contributed by atoms with van der Waals surface area (Å²) in [5.74, 6) is 0. The number of rotatable bonds is 4. The van der Waals surface area contributed by atoms with Gasteiger partial charge in [0, 0.05) is 12.6 Å². The molecule has 0 atom stereocenters. The van der Waals surface area contributed by atoms with Gasteiger partial charge < -0.3 is 4.90 Å². The molecule has 0 aliphatic heterocycles. The number of hydrogen-bond donors (Lipinski definition) is 0. The lowest BCUT2D eigenvalue weighted by Crippen LogP contribution is -2.33. The first kappa shape index (κ1) is 11.8. The molecule has 0 aliphatic rings. The number of nitrogens with zero attached hydrogens (tertiary/aromatic N) is 1. The molecule has 12 heavy (non-hydrogen) atoms. The molecule has 0 bridgehead atoms.